The van der Waals surface area contributed by atoms with E-state index in [9.17, 15) is 0 Å². The fourth-order valence-electron chi connectivity index (χ4n) is 6.18. The van der Waals surface area contributed by atoms with Gasteiger partial charge >= 0.3 is 21.9 Å². The van der Waals surface area contributed by atoms with E-state index in [1.165, 1.54) is 33.4 Å². The van der Waals surface area contributed by atoms with E-state index in [1.54, 1.807) is 12.4 Å². The van der Waals surface area contributed by atoms with Crippen LogP contribution in [0.4, 0.5) is 11.9 Å². The summed E-state index contributed by atoms with van der Waals surface area (Å²) in [6, 6.07) is 1.11. The highest BCUT2D eigenvalue weighted by molar-refractivity contribution is 9.10. The summed E-state index contributed by atoms with van der Waals surface area (Å²) in [5, 5.41) is 0. The van der Waals surface area contributed by atoms with E-state index in [1.807, 2.05) is 74.6 Å². The van der Waals surface area contributed by atoms with Crippen LogP contribution in [0.15, 0.2) is 29.3 Å². The molecule has 2 atom stereocenters. The van der Waals surface area contributed by atoms with Crippen molar-refractivity contribution in [2.24, 2.45) is 0 Å². The first-order valence-corrected chi connectivity index (χ1v) is 19.9. The van der Waals surface area contributed by atoms with E-state index in [-0.39, 0.29) is 47.8 Å². The van der Waals surface area contributed by atoms with Gasteiger partial charge in [-0.05, 0) is 145 Å². The van der Waals surface area contributed by atoms with Gasteiger partial charge in [0.05, 0.1) is 38.1 Å². The van der Waals surface area contributed by atoms with Crippen LogP contribution in [0.25, 0.3) is 0 Å². The van der Waals surface area contributed by atoms with Gasteiger partial charge in [0.2, 0.25) is 11.9 Å². The van der Waals surface area contributed by atoms with Crippen molar-refractivity contribution >= 4 is 55.2 Å². The number of anilines is 2. The van der Waals surface area contributed by atoms with Gasteiger partial charge in [-0.15, -0.1) is 0 Å². The number of hydrogen-bond acceptors (Lipinski definition) is 12. The molecule has 0 aliphatic carbocycles. The molecule has 7 rings (SSSR count). The minimum absolute atomic E-state index is 0.0648. The molecule has 293 valence electrons. The maximum absolute atomic E-state index is 6.02. The zero-order chi connectivity index (χ0) is 39.6. The smallest absolute Gasteiger partial charge is 0.405 e. The monoisotopic (exact) mass is 799 g/mol. The topological polar surface area (TPSA) is 113 Å². The van der Waals surface area contributed by atoms with Crippen LogP contribution in [0.3, 0.4) is 0 Å². The molecule has 0 saturated carbocycles. The predicted molar refractivity (Wildman–Crippen MR) is 218 cm³/mol. The summed E-state index contributed by atoms with van der Waals surface area (Å²) in [4.78, 5) is 22.1. The number of halogens is 1. The highest BCUT2D eigenvalue weighted by Crippen LogP contribution is 2.37. The lowest BCUT2D eigenvalue weighted by atomic mass is 9.81. The third kappa shape index (κ3) is 10.5. The second-order valence-electron chi connectivity index (χ2n) is 17.7. The maximum atomic E-state index is 6.02. The molecule has 53 heavy (non-hydrogen) atoms. The van der Waals surface area contributed by atoms with Crippen LogP contribution >= 0.6 is 15.9 Å². The van der Waals surface area contributed by atoms with Crippen molar-refractivity contribution in [3.63, 3.8) is 0 Å². The Morgan fingerprint density at radius 3 is 1.25 bits per heavy atom. The average molecular weight is 800 g/mol. The number of rotatable bonds is 3. The summed E-state index contributed by atoms with van der Waals surface area (Å²) >= 11 is 3.33. The summed E-state index contributed by atoms with van der Waals surface area (Å²) in [6.45, 7) is 32.9. The van der Waals surface area contributed by atoms with Gasteiger partial charge in [0.15, 0.2) is 0 Å². The summed E-state index contributed by atoms with van der Waals surface area (Å²) in [5.41, 5.74) is -0.484. The number of aromatic nitrogens is 4. The summed E-state index contributed by atoms with van der Waals surface area (Å²) in [5.74, 6) is 1.66. The molecule has 1 radical (unpaired) electrons. The molecule has 12 nitrogen and oxygen atoms in total. The zero-order valence-corrected chi connectivity index (χ0v) is 36.5. The Kier molecular flexibility index (Phi) is 13.9. The fourth-order valence-corrected chi connectivity index (χ4v) is 6.39. The van der Waals surface area contributed by atoms with Crippen LogP contribution in [0.5, 0.6) is 0 Å². The Morgan fingerprint density at radius 1 is 0.604 bits per heavy atom. The SMILES string of the molecule is CB1OC(C)(C)C(C)(C)O1.CC1(C)O[B]OC1(C)C.C[C@H]1CCCN1c1ncc(B2OC(C)(C)C(C)(C)O2)cn1.C[C@H]1CCCN1c1ncc(Br)cn1. The Bertz CT molecular complexity index is 1440. The first-order chi connectivity index (χ1) is 24.4. The summed E-state index contributed by atoms with van der Waals surface area (Å²) < 4.78 is 34.5. The quantitative estimate of drug-likeness (QED) is 0.304. The van der Waals surface area contributed by atoms with E-state index < -0.39 is 0 Å². The van der Waals surface area contributed by atoms with E-state index >= 15 is 0 Å². The second kappa shape index (κ2) is 16.7. The van der Waals surface area contributed by atoms with Gasteiger partial charge in [0.1, 0.15) is 0 Å². The zero-order valence-electron chi connectivity index (χ0n) is 34.9. The highest BCUT2D eigenvalue weighted by Gasteiger charge is 2.52. The van der Waals surface area contributed by atoms with Crippen LogP contribution in [0, 0.1) is 0 Å². The molecule has 5 fully saturated rings. The lowest BCUT2D eigenvalue weighted by molar-refractivity contribution is 0.00578. The molecule has 5 saturated heterocycles. The highest BCUT2D eigenvalue weighted by atomic mass is 79.9. The van der Waals surface area contributed by atoms with E-state index in [2.05, 4.69) is 87.2 Å². The molecule has 0 N–H and O–H groups in total. The molecular formula is C37H63B3BrN6O6. The molecule has 0 spiro atoms. The molecule has 7 heterocycles. The Labute approximate surface area is 329 Å². The van der Waals surface area contributed by atoms with Gasteiger partial charge in [-0.1, -0.05) is 0 Å². The van der Waals surface area contributed by atoms with Crippen molar-refractivity contribution in [1.29, 1.82) is 0 Å². The summed E-state index contributed by atoms with van der Waals surface area (Å²) in [6.07, 6.45) is 12.2. The number of nitrogens with zero attached hydrogens (tertiary/aromatic N) is 6. The largest absolute Gasteiger partial charge is 0.498 e. The minimum Gasteiger partial charge on any atom is -0.405 e. The second-order valence-corrected chi connectivity index (χ2v) is 18.6. The average Bonchev–Trinajstić information content (AvgIpc) is 3.81. The van der Waals surface area contributed by atoms with Crippen molar-refractivity contribution in [3.8, 4) is 0 Å². The lowest BCUT2D eigenvalue weighted by Gasteiger charge is -2.32. The van der Waals surface area contributed by atoms with Gasteiger partial charge in [0, 0.05) is 55.4 Å². The Hall–Kier alpha value is -1.81. The van der Waals surface area contributed by atoms with Crippen LogP contribution in [-0.2, 0) is 27.9 Å². The van der Waals surface area contributed by atoms with Crippen LogP contribution in [0.2, 0.25) is 6.82 Å². The van der Waals surface area contributed by atoms with E-state index in [0.717, 1.165) is 34.9 Å². The molecule has 0 amide bonds. The van der Waals surface area contributed by atoms with Crippen molar-refractivity contribution in [2.45, 2.75) is 175 Å². The van der Waals surface area contributed by atoms with Gasteiger partial charge in [-0.3, -0.25) is 0 Å². The van der Waals surface area contributed by atoms with Crippen LogP contribution in [-0.4, -0.2) is 101 Å². The van der Waals surface area contributed by atoms with Gasteiger partial charge in [-0.25, -0.2) is 19.9 Å². The number of hydrogen-bond donors (Lipinski definition) is 0. The van der Waals surface area contributed by atoms with Gasteiger partial charge in [-0.2, -0.15) is 0 Å². The molecule has 2 aromatic heterocycles. The molecule has 5 aliphatic heterocycles. The minimum atomic E-state index is -0.389. The molecule has 0 aromatic carbocycles. The molecular weight excluding hydrogens is 737 g/mol. The first kappa shape index (κ1) is 43.9. The normalized spacial score (nSPS) is 26.9. The van der Waals surface area contributed by atoms with Crippen molar-refractivity contribution in [3.05, 3.63) is 29.3 Å². The van der Waals surface area contributed by atoms with E-state index in [4.69, 9.17) is 27.9 Å². The first-order valence-electron chi connectivity index (χ1n) is 19.1. The van der Waals surface area contributed by atoms with Gasteiger partial charge < -0.3 is 37.7 Å². The third-order valence-corrected chi connectivity index (χ3v) is 12.3. The van der Waals surface area contributed by atoms with Crippen molar-refractivity contribution < 1.29 is 27.9 Å². The van der Waals surface area contributed by atoms with Crippen LogP contribution < -0.4 is 15.3 Å². The predicted octanol–water partition coefficient (Wildman–Crippen LogP) is 6.83. The molecule has 0 unspecified atom stereocenters. The third-order valence-electron chi connectivity index (χ3n) is 11.9. The molecule has 2 aromatic rings. The maximum Gasteiger partial charge on any atom is 0.498 e. The van der Waals surface area contributed by atoms with Crippen molar-refractivity contribution in [2.75, 3.05) is 22.9 Å². The fraction of sp³-hybridized carbons (Fsp3) is 0.784. The lowest BCUT2D eigenvalue weighted by Crippen LogP contribution is -2.41. The summed E-state index contributed by atoms with van der Waals surface area (Å²) in [7, 11) is 0.963. The molecule has 5 aliphatic rings. The molecule has 16 heteroatoms. The van der Waals surface area contributed by atoms with E-state index in [0.29, 0.717) is 12.1 Å². The Balaban J connectivity index is 0.000000169. The van der Waals surface area contributed by atoms with Crippen LogP contribution in [0.1, 0.15) is 123 Å². The molecule has 0 bridgehead atoms. The standard InChI is InChI=1S/C15H24BN3O2.C9H12BrN3.C7H15BO2.C6H12BO2/c1-11-7-6-8-19(11)13-17-9-12(10-18-13)16-20-14(2,3)15(4,5)21-16;1-7-3-2-4-13(7)9-11-5-8(10)6-12-9;1-6(2)7(3,4)10-8(5)9-6;1-5(2)6(3,4)9-7-8-5/h9-11H,6-8H2,1-5H3;5-7H,2-4H2,1H3;1-5H3;1-4H3/t11-;7-;;/m00../s1. The van der Waals surface area contributed by atoms with Gasteiger partial charge in [0.25, 0.3) is 0 Å². The van der Waals surface area contributed by atoms with Crippen molar-refractivity contribution in [1.82, 2.24) is 19.9 Å². The Morgan fingerprint density at radius 2 is 0.962 bits per heavy atom.